The molecule has 1 aromatic carbocycles. The molecule has 0 bridgehead atoms. The van der Waals surface area contributed by atoms with Crippen molar-refractivity contribution in [2.24, 2.45) is 0 Å². The van der Waals surface area contributed by atoms with E-state index in [9.17, 15) is 17.6 Å². The summed E-state index contributed by atoms with van der Waals surface area (Å²) in [7, 11) is 0.290. The lowest BCUT2D eigenvalue weighted by molar-refractivity contribution is -0.120. The van der Waals surface area contributed by atoms with Crippen molar-refractivity contribution < 1.29 is 17.6 Å². The lowest BCUT2D eigenvalue weighted by Gasteiger charge is -2.25. The molecule has 1 aliphatic heterocycles. The van der Waals surface area contributed by atoms with E-state index >= 15 is 0 Å². The number of likely N-dealkylation sites (N-methyl/N-ethyl adjacent to an activating group) is 1. The highest BCUT2D eigenvalue weighted by Gasteiger charge is 2.28. The molecule has 0 radical (unpaired) electrons. The van der Waals surface area contributed by atoms with Gasteiger partial charge in [-0.05, 0) is 56.8 Å². The molecule has 29 heavy (non-hydrogen) atoms. The van der Waals surface area contributed by atoms with Gasteiger partial charge in [-0.1, -0.05) is 12.1 Å². The van der Waals surface area contributed by atoms with Crippen LogP contribution in [0, 0.1) is 5.82 Å². The molecule has 0 saturated carbocycles. The molecule has 1 amide bonds. The predicted octanol–water partition coefficient (Wildman–Crippen LogP) is 2.63. The van der Waals surface area contributed by atoms with Gasteiger partial charge in [-0.15, -0.1) is 11.3 Å². The molecule has 0 spiro atoms. The van der Waals surface area contributed by atoms with Crippen LogP contribution in [0.1, 0.15) is 29.3 Å². The van der Waals surface area contributed by atoms with Gasteiger partial charge in [0.2, 0.25) is 5.91 Å². The number of halogens is 1. The van der Waals surface area contributed by atoms with E-state index in [1.54, 1.807) is 18.2 Å². The van der Waals surface area contributed by atoms with Crippen molar-refractivity contribution >= 4 is 27.3 Å². The van der Waals surface area contributed by atoms with Crippen molar-refractivity contribution in [2.75, 3.05) is 33.7 Å². The van der Waals surface area contributed by atoms with Gasteiger partial charge in [-0.2, -0.15) is 4.31 Å². The number of hydrogen-bond donors (Lipinski definition) is 1. The standard InChI is InChI=1S/C20H26FN3O3S2/c1-23(2)18(15-6-5-7-16(21)12-15)14-22-19(25)13-17-8-9-20(28-17)29(26,27)24-10-3-4-11-24/h5-9,12,18H,3-4,10-11,13-14H2,1-2H3,(H,22,25). The molecule has 1 atom stereocenters. The van der Waals surface area contributed by atoms with E-state index in [2.05, 4.69) is 5.32 Å². The largest absolute Gasteiger partial charge is 0.354 e. The Morgan fingerprint density at radius 2 is 1.97 bits per heavy atom. The van der Waals surface area contributed by atoms with Crippen LogP contribution in [0.3, 0.4) is 0 Å². The second kappa shape index (κ2) is 9.34. The quantitative estimate of drug-likeness (QED) is 0.687. The molecule has 0 aliphatic carbocycles. The van der Waals surface area contributed by atoms with E-state index in [1.807, 2.05) is 25.1 Å². The van der Waals surface area contributed by atoms with Crippen molar-refractivity contribution in [1.29, 1.82) is 0 Å². The molecule has 1 fully saturated rings. The van der Waals surface area contributed by atoms with Crippen LogP contribution < -0.4 is 5.32 Å². The average Bonchev–Trinajstić information content (AvgIpc) is 3.34. The third kappa shape index (κ3) is 5.42. The molecule has 9 heteroatoms. The molecular formula is C20H26FN3O3S2. The third-order valence-electron chi connectivity index (χ3n) is 4.98. The van der Waals surface area contributed by atoms with E-state index in [0.29, 0.717) is 24.5 Å². The average molecular weight is 440 g/mol. The number of benzene rings is 1. The lowest BCUT2D eigenvalue weighted by Crippen LogP contribution is -2.35. The molecule has 2 aromatic rings. The first-order chi connectivity index (χ1) is 13.8. The van der Waals surface area contributed by atoms with E-state index in [0.717, 1.165) is 29.7 Å². The predicted molar refractivity (Wildman–Crippen MR) is 112 cm³/mol. The number of rotatable bonds is 8. The molecule has 3 rings (SSSR count). The molecule has 1 N–H and O–H groups in total. The summed E-state index contributed by atoms with van der Waals surface area (Å²) in [4.78, 5) is 15.0. The normalized spacial score (nSPS) is 16.3. The smallest absolute Gasteiger partial charge is 0.252 e. The van der Waals surface area contributed by atoms with E-state index in [4.69, 9.17) is 0 Å². The second-order valence-corrected chi connectivity index (χ2v) is 10.7. The van der Waals surface area contributed by atoms with Gasteiger partial charge in [-0.25, -0.2) is 12.8 Å². The number of nitrogens with one attached hydrogen (secondary N) is 1. The Morgan fingerprint density at radius 1 is 1.24 bits per heavy atom. The van der Waals surface area contributed by atoms with E-state index < -0.39 is 10.0 Å². The Labute approximate surface area is 175 Å². The van der Waals surface area contributed by atoms with Crippen molar-refractivity contribution in [3.63, 3.8) is 0 Å². The maximum absolute atomic E-state index is 13.5. The van der Waals surface area contributed by atoms with Crippen molar-refractivity contribution in [3.8, 4) is 0 Å². The molecule has 1 saturated heterocycles. The summed E-state index contributed by atoms with van der Waals surface area (Å²) in [5.41, 5.74) is 0.783. The first-order valence-electron chi connectivity index (χ1n) is 9.55. The summed E-state index contributed by atoms with van der Waals surface area (Å²) in [6.45, 7) is 1.45. The maximum atomic E-state index is 13.5. The second-order valence-electron chi connectivity index (χ2n) is 7.35. The monoisotopic (exact) mass is 439 g/mol. The van der Waals surface area contributed by atoms with Gasteiger partial charge < -0.3 is 10.2 Å². The number of carbonyl (C=O) groups is 1. The number of thiophene rings is 1. The summed E-state index contributed by atoms with van der Waals surface area (Å²) in [6.07, 6.45) is 1.89. The Bertz CT molecular complexity index is 953. The molecule has 158 valence electrons. The first-order valence-corrected chi connectivity index (χ1v) is 11.8. The Balaban J connectivity index is 1.60. The summed E-state index contributed by atoms with van der Waals surface area (Å²) in [5.74, 6) is -0.508. The SMILES string of the molecule is CN(C)C(CNC(=O)Cc1ccc(S(=O)(=O)N2CCCC2)s1)c1cccc(F)c1. The van der Waals surface area contributed by atoms with E-state index in [-0.39, 0.29) is 28.4 Å². The van der Waals surface area contributed by atoms with Gasteiger partial charge in [0.15, 0.2) is 0 Å². The Kier molecular flexibility index (Phi) is 7.05. The minimum absolute atomic E-state index is 0.115. The molecule has 1 aliphatic rings. The lowest BCUT2D eigenvalue weighted by atomic mass is 10.1. The zero-order chi connectivity index (χ0) is 21.0. The fourth-order valence-electron chi connectivity index (χ4n) is 3.39. The highest BCUT2D eigenvalue weighted by molar-refractivity contribution is 7.91. The summed E-state index contributed by atoms with van der Waals surface area (Å²) in [5, 5.41) is 2.88. The van der Waals surface area contributed by atoms with Gasteiger partial charge in [-0.3, -0.25) is 4.79 Å². The molecule has 2 heterocycles. The fourth-order valence-corrected chi connectivity index (χ4v) is 6.42. The minimum Gasteiger partial charge on any atom is -0.354 e. The van der Waals surface area contributed by atoms with Crippen LogP contribution in [0.2, 0.25) is 0 Å². The van der Waals surface area contributed by atoms with Crippen LogP contribution in [-0.2, 0) is 21.2 Å². The summed E-state index contributed by atoms with van der Waals surface area (Å²) >= 11 is 1.14. The van der Waals surface area contributed by atoms with Crippen molar-refractivity contribution in [3.05, 3.63) is 52.7 Å². The van der Waals surface area contributed by atoms with Crippen LogP contribution in [0.4, 0.5) is 4.39 Å². The van der Waals surface area contributed by atoms with Crippen LogP contribution in [0.15, 0.2) is 40.6 Å². The van der Waals surface area contributed by atoms with Crippen LogP contribution in [0.5, 0.6) is 0 Å². The topological polar surface area (TPSA) is 69.7 Å². The molecule has 6 nitrogen and oxygen atoms in total. The number of nitrogens with zero attached hydrogens (tertiary/aromatic N) is 2. The Morgan fingerprint density at radius 3 is 2.62 bits per heavy atom. The number of amides is 1. The minimum atomic E-state index is -3.45. The number of hydrogen-bond acceptors (Lipinski definition) is 5. The molecule has 1 aromatic heterocycles. The van der Waals surface area contributed by atoms with Crippen LogP contribution >= 0.6 is 11.3 Å². The van der Waals surface area contributed by atoms with Gasteiger partial charge >= 0.3 is 0 Å². The van der Waals surface area contributed by atoms with Crippen LogP contribution in [-0.4, -0.2) is 57.3 Å². The van der Waals surface area contributed by atoms with Crippen molar-refractivity contribution in [1.82, 2.24) is 14.5 Å². The Hall–Kier alpha value is -1.81. The summed E-state index contributed by atoms with van der Waals surface area (Å²) < 4.78 is 40.5. The zero-order valence-electron chi connectivity index (χ0n) is 16.6. The van der Waals surface area contributed by atoms with Crippen molar-refractivity contribution in [2.45, 2.75) is 29.5 Å². The maximum Gasteiger partial charge on any atom is 0.252 e. The molecule has 1 unspecified atom stereocenters. The number of carbonyl (C=O) groups excluding carboxylic acids is 1. The third-order valence-corrected chi connectivity index (χ3v) is 8.43. The van der Waals surface area contributed by atoms with Crippen LogP contribution in [0.25, 0.3) is 0 Å². The zero-order valence-corrected chi connectivity index (χ0v) is 18.2. The number of sulfonamides is 1. The van der Waals surface area contributed by atoms with Gasteiger partial charge in [0.05, 0.1) is 12.5 Å². The molecular weight excluding hydrogens is 413 g/mol. The summed E-state index contributed by atoms with van der Waals surface area (Å²) in [6, 6.07) is 9.44. The highest BCUT2D eigenvalue weighted by atomic mass is 32.2. The highest BCUT2D eigenvalue weighted by Crippen LogP contribution is 2.27. The van der Waals surface area contributed by atoms with E-state index in [1.165, 1.54) is 16.4 Å². The first kappa shape index (κ1) is 21.9. The van der Waals surface area contributed by atoms with Gasteiger partial charge in [0.1, 0.15) is 10.0 Å². The fraction of sp³-hybridized carbons (Fsp3) is 0.450. The van der Waals surface area contributed by atoms with Gasteiger partial charge in [0, 0.05) is 24.5 Å². The van der Waals surface area contributed by atoms with Gasteiger partial charge in [0.25, 0.3) is 10.0 Å².